The zero-order valence-electron chi connectivity index (χ0n) is 13.6. The molecule has 0 aliphatic rings. The van der Waals surface area contributed by atoms with Crippen LogP contribution in [0.5, 0.6) is 0 Å². The van der Waals surface area contributed by atoms with Crippen molar-refractivity contribution < 1.29 is 9.47 Å². The first-order valence-electron chi connectivity index (χ1n) is 8.29. The highest BCUT2D eigenvalue weighted by Crippen LogP contribution is 2.08. The largest absolute Gasteiger partial charge is 0.377 e. The van der Waals surface area contributed by atoms with E-state index in [9.17, 15) is 0 Å². The Kier molecular flexibility index (Phi) is 17.8. The molecule has 118 valence electrons. The summed E-state index contributed by atoms with van der Waals surface area (Å²) in [4.78, 5) is 0. The normalized spacial score (nSPS) is 11.9. The van der Waals surface area contributed by atoms with Gasteiger partial charge in [-0.25, -0.2) is 0 Å². The second kappa shape index (κ2) is 18.4. The minimum absolute atomic E-state index is 0.770. The maximum atomic E-state index is 5.47. The molecule has 0 aromatic rings. The Morgan fingerprint density at radius 2 is 0.900 bits per heavy atom. The molecule has 0 heterocycles. The average Bonchev–Trinajstić information content (AvgIpc) is 2.47. The highest BCUT2D eigenvalue weighted by molar-refractivity contribution is 4.76. The van der Waals surface area contributed by atoms with Gasteiger partial charge in [0.2, 0.25) is 0 Å². The van der Waals surface area contributed by atoms with Gasteiger partial charge in [0.15, 0.2) is 0 Å². The van der Waals surface area contributed by atoms with Crippen LogP contribution in [0.1, 0.15) is 65.2 Å². The average molecular weight is 282 g/mol. The van der Waals surface area contributed by atoms with E-state index in [4.69, 9.17) is 9.47 Å². The molecule has 0 aromatic heterocycles. The van der Waals surface area contributed by atoms with Gasteiger partial charge in [0.1, 0.15) is 0 Å². The highest BCUT2D eigenvalue weighted by atomic mass is 16.5. The lowest BCUT2D eigenvalue weighted by atomic mass is 10.1. The van der Waals surface area contributed by atoms with Crippen molar-refractivity contribution in [3.8, 4) is 0 Å². The molecule has 0 N–H and O–H groups in total. The maximum absolute atomic E-state index is 5.47. The van der Waals surface area contributed by atoms with Crippen LogP contribution in [0, 0.1) is 0 Å². The second-order valence-corrected chi connectivity index (χ2v) is 5.12. The predicted octanol–water partition coefficient (Wildman–Crippen LogP) is 5.29. The summed E-state index contributed by atoms with van der Waals surface area (Å²) in [7, 11) is 0. The van der Waals surface area contributed by atoms with Crippen molar-refractivity contribution in [1.29, 1.82) is 0 Å². The summed E-state index contributed by atoms with van der Waals surface area (Å²) in [5.41, 5.74) is 0. The van der Waals surface area contributed by atoms with Gasteiger partial charge in [-0.15, -0.1) is 0 Å². The summed E-state index contributed by atoms with van der Waals surface area (Å²) in [5.74, 6) is 0. The van der Waals surface area contributed by atoms with Crippen LogP contribution in [0.4, 0.5) is 0 Å². The summed E-state index contributed by atoms with van der Waals surface area (Å²) in [5, 5.41) is 0. The zero-order valence-corrected chi connectivity index (χ0v) is 13.6. The van der Waals surface area contributed by atoms with E-state index in [1.807, 2.05) is 26.0 Å². The van der Waals surface area contributed by atoms with E-state index in [0.29, 0.717) is 0 Å². The van der Waals surface area contributed by atoms with Gasteiger partial charge in [0.25, 0.3) is 0 Å². The molecule has 0 aliphatic carbocycles. The Bertz CT molecular complexity index is 197. The molecule has 0 rings (SSSR count). The standard InChI is InChI=1S/C18H34O2/c1-3-5-15-19-17-13-11-9-7-8-10-12-14-18-20-16-6-4-2/h3-6H,7-18H2,1-2H3. The third-order valence-electron chi connectivity index (χ3n) is 3.23. The molecule has 0 aromatic carbocycles. The summed E-state index contributed by atoms with van der Waals surface area (Å²) in [6.07, 6.45) is 18.6. The van der Waals surface area contributed by atoms with Crippen LogP contribution < -0.4 is 0 Å². The minimum Gasteiger partial charge on any atom is -0.377 e. The molecule has 0 fully saturated rings. The second-order valence-electron chi connectivity index (χ2n) is 5.12. The van der Waals surface area contributed by atoms with E-state index in [-0.39, 0.29) is 0 Å². The fourth-order valence-electron chi connectivity index (χ4n) is 1.96. The van der Waals surface area contributed by atoms with Crippen LogP contribution in [-0.2, 0) is 9.47 Å². The first-order chi connectivity index (χ1) is 9.91. The number of allylic oxidation sites excluding steroid dienone is 2. The quantitative estimate of drug-likeness (QED) is 0.300. The van der Waals surface area contributed by atoms with Gasteiger partial charge in [-0.05, 0) is 26.7 Å². The monoisotopic (exact) mass is 282 g/mol. The van der Waals surface area contributed by atoms with Gasteiger partial charge >= 0.3 is 0 Å². The Morgan fingerprint density at radius 1 is 0.550 bits per heavy atom. The molecule has 0 amide bonds. The lowest BCUT2D eigenvalue weighted by Crippen LogP contribution is -1.95. The molecule has 0 bridgehead atoms. The molecular formula is C18H34O2. The zero-order chi connectivity index (χ0) is 14.7. The van der Waals surface area contributed by atoms with Crippen molar-refractivity contribution in [3.63, 3.8) is 0 Å². The fourth-order valence-corrected chi connectivity index (χ4v) is 1.96. The van der Waals surface area contributed by atoms with Crippen molar-refractivity contribution >= 4 is 0 Å². The molecule has 0 radical (unpaired) electrons. The van der Waals surface area contributed by atoms with E-state index in [0.717, 1.165) is 26.4 Å². The molecular weight excluding hydrogens is 248 g/mol. The first-order valence-corrected chi connectivity index (χ1v) is 8.29. The van der Waals surface area contributed by atoms with Gasteiger partial charge in [-0.1, -0.05) is 62.8 Å². The number of hydrogen-bond acceptors (Lipinski definition) is 2. The Hall–Kier alpha value is -0.600. The molecule has 0 saturated carbocycles. The molecule has 0 saturated heterocycles. The van der Waals surface area contributed by atoms with Crippen molar-refractivity contribution in [2.75, 3.05) is 26.4 Å². The minimum atomic E-state index is 0.770. The summed E-state index contributed by atoms with van der Waals surface area (Å²) in [6.45, 7) is 7.41. The predicted molar refractivity (Wildman–Crippen MR) is 88.2 cm³/mol. The van der Waals surface area contributed by atoms with E-state index < -0.39 is 0 Å². The van der Waals surface area contributed by atoms with Crippen molar-refractivity contribution in [2.24, 2.45) is 0 Å². The van der Waals surface area contributed by atoms with Crippen LogP contribution in [0.3, 0.4) is 0 Å². The van der Waals surface area contributed by atoms with Gasteiger partial charge in [0.05, 0.1) is 13.2 Å². The summed E-state index contributed by atoms with van der Waals surface area (Å²) >= 11 is 0. The topological polar surface area (TPSA) is 18.5 Å². The van der Waals surface area contributed by atoms with Crippen LogP contribution >= 0.6 is 0 Å². The molecule has 0 aliphatic heterocycles. The Labute approximate surface area is 126 Å². The third-order valence-corrected chi connectivity index (χ3v) is 3.23. The van der Waals surface area contributed by atoms with Gasteiger partial charge in [-0.3, -0.25) is 0 Å². The van der Waals surface area contributed by atoms with Crippen LogP contribution in [0.25, 0.3) is 0 Å². The fraction of sp³-hybridized carbons (Fsp3) is 0.778. The van der Waals surface area contributed by atoms with Crippen LogP contribution in [0.15, 0.2) is 24.3 Å². The van der Waals surface area contributed by atoms with E-state index >= 15 is 0 Å². The van der Waals surface area contributed by atoms with Crippen LogP contribution in [-0.4, -0.2) is 26.4 Å². The molecule has 0 atom stereocenters. The lowest BCUT2D eigenvalue weighted by Gasteiger charge is -2.03. The highest BCUT2D eigenvalue weighted by Gasteiger charge is 1.93. The summed E-state index contributed by atoms with van der Waals surface area (Å²) < 4.78 is 10.9. The smallest absolute Gasteiger partial charge is 0.0647 e. The van der Waals surface area contributed by atoms with Crippen molar-refractivity contribution in [3.05, 3.63) is 24.3 Å². The van der Waals surface area contributed by atoms with Crippen LogP contribution in [0.2, 0.25) is 0 Å². The first kappa shape index (κ1) is 19.4. The lowest BCUT2D eigenvalue weighted by molar-refractivity contribution is 0.156. The Balaban J connectivity index is 2.95. The van der Waals surface area contributed by atoms with Crippen molar-refractivity contribution in [2.45, 2.75) is 65.2 Å². The SMILES string of the molecule is CC=CCOCCCCCCCCCCOCC=CC. The third kappa shape index (κ3) is 17.4. The van der Waals surface area contributed by atoms with Crippen molar-refractivity contribution in [1.82, 2.24) is 0 Å². The Morgan fingerprint density at radius 3 is 1.25 bits per heavy atom. The number of unbranched alkanes of at least 4 members (excludes halogenated alkanes) is 7. The van der Waals surface area contributed by atoms with E-state index in [2.05, 4.69) is 12.2 Å². The van der Waals surface area contributed by atoms with E-state index in [1.165, 1.54) is 51.4 Å². The number of hydrogen-bond donors (Lipinski definition) is 0. The molecule has 0 spiro atoms. The van der Waals surface area contributed by atoms with Gasteiger partial charge in [0, 0.05) is 13.2 Å². The number of rotatable bonds is 15. The van der Waals surface area contributed by atoms with Gasteiger partial charge < -0.3 is 9.47 Å². The maximum Gasteiger partial charge on any atom is 0.0647 e. The van der Waals surface area contributed by atoms with E-state index in [1.54, 1.807) is 0 Å². The molecule has 20 heavy (non-hydrogen) atoms. The molecule has 2 nitrogen and oxygen atoms in total. The number of ether oxygens (including phenoxy) is 2. The summed E-state index contributed by atoms with van der Waals surface area (Å²) in [6, 6.07) is 0. The molecule has 0 unspecified atom stereocenters. The molecule has 2 heteroatoms. The van der Waals surface area contributed by atoms with Gasteiger partial charge in [-0.2, -0.15) is 0 Å².